The zero-order chi connectivity index (χ0) is 6.69. The number of hydrogen-bond acceptors (Lipinski definition) is 3. The lowest BCUT2D eigenvalue weighted by molar-refractivity contribution is -0.0130. The first-order valence-corrected chi connectivity index (χ1v) is 3.27. The van der Waals surface area contributed by atoms with Crippen LogP contribution in [0.4, 0.5) is 0 Å². The van der Waals surface area contributed by atoms with Gasteiger partial charge in [-0.3, -0.25) is 0 Å². The molecule has 9 heavy (non-hydrogen) atoms. The molecule has 0 saturated carbocycles. The number of ether oxygens (including phenoxy) is 1. The Bertz CT molecular complexity index is 87.1. The summed E-state index contributed by atoms with van der Waals surface area (Å²) in [6.07, 6.45) is 0.537. The highest BCUT2D eigenvalue weighted by molar-refractivity contribution is 4.76. The summed E-state index contributed by atoms with van der Waals surface area (Å²) < 4.78 is 5.12. The number of nitrogens with one attached hydrogen (secondary N) is 1. The van der Waals surface area contributed by atoms with Gasteiger partial charge in [-0.05, 0) is 13.5 Å². The second-order valence-corrected chi connectivity index (χ2v) is 2.33. The maximum Gasteiger partial charge on any atom is 0.0737 e. The van der Waals surface area contributed by atoms with Gasteiger partial charge in [0.05, 0.1) is 18.8 Å². The number of aliphatic hydroxyl groups is 1. The fourth-order valence-electron chi connectivity index (χ4n) is 1.00. The molecule has 1 rings (SSSR count). The van der Waals surface area contributed by atoms with E-state index in [-0.39, 0.29) is 12.1 Å². The molecular weight excluding hydrogens is 118 g/mol. The van der Waals surface area contributed by atoms with Crippen LogP contribution < -0.4 is 5.32 Å². The van der Waals surface area contributed by atoms with Crippen LogP contribution in [0.2, 0.25) is 0 Å². The largest absolute Gasteiger partial charge is 0.391 e. The molecule has 0 aromatic heterocycles. The zero-order valence-corrected chi connectivity index (χ0v) is 5.63. The number of aliphatic hydroxyl groups excluding tert-OH is 1. The molecule has 0 bridgehead atoms. The van der Waals surface area contributed by atoms with Gasteiger partial charge < -0.3 is 15.2 Å². The fourth-order valence-corrected chi connectivity index (χ4v) is 1.00. The SMILES string of the molecule is CNC1COCCC1O. The molecule has 0 spiro atoms. The van der Waals surface area contributed by atoms with Crippen molar-refractivity contribution in [2.75, 3.05) is 20.3 Å². The molecule has 0 aromatic rings. The van der Waals surface area contributed by atoms with Crippen molar-refractivity contribution in [3.8, 4) is 0 Å². The fraction of sp³-hybridized carbons (Fsp3) is 1.00. The summed E-state index contributed by atoms with van der Waals surface area (Å²) in [5.74, 6) is 0. The Hall–Kier alpha value is -0.120. The van der Waals surface area contributed by atoms with Crippen LogP contribution >= 0.6 is 0 Å². The molecule has 2 atom stereocenters. The van der Waals surface area contributed by atoms with Gasteiger partial charge in [-0.15, -0.1) is 0 Å². The van der Waals surface area contributed by atoms with Crippen LogP contribution in [0.3, 0.4) is 0 Å². The molecule has 1 aliphatic rings. The van der Waals surface area contributed by atoms with E-state index < -0.39 is 0 Å². The van der Waals surface area contributed by atoms with Crippen LogP contribution in [0.5, 0.6) is 0 Å². The normalized spacial score (nSPS) is 36.7. The average Bonchev–Trinajstić information content (AvgIpc) is 1.89. The maximum atomic E-state index is 9.23. The Kier molecular flexibility index (Phi) is 2.45. The van der Waals surface area contributed by atoms with Gasteiger partial charge in [-0.1, -0.05) is 0 Å². The minimum atomic E-state index is -0.219. The van der Waals surface area contributed by atoms with E-state index in [0.717, 1.165) is 6.42 Å². The van der Waals surface area contributed by atoms with Gasteiger partial charge in [0, 0.05) is 6.61 Å². The van der Waals surface area contributed by atoms with E-state index >= 15 is 0 Å². The molecule has 3 heteroatoms. The van der Waals surface area contributed by atoms with E-state index in [1.807, 2.05) is 7.05 Å². The van der Waals surface area contributed by atoms with E-state index in [1.165, 1.54) is 0 Å². The summed E-state index contributed by atoms with van der Waals surface area (Å²) >= 11 is 0. The first kappa shape index (κ1) is 6.99. The minimum absolute atomic E-state index is 0.138. The molecule has 0 aromatic carbocycles. The number of rotatable bonds is 1. The van der Waals surface area contributed by atoms with Crippen molar-refractivity contribution in [2.24, 2.45) is 0 Å². The van der Waals surface area contributed by atoms with Crippen LogP contribution in [0.15, 0.2) is 0 Å². The van der Waals surface area contributed by atoms with Gasteiger partial charge >= 0.3 is 0 Å². The molecule has 2 unspecified atom stereocenters. The quantitative estimate of drug-likeness (QED) is 0.497. The zero-order valence-electron chi connectivity index (χ0n) is 5.63. The van der Waals surface area contributed by atoms with Crippen molar-refractivity contribution in [3.63, 3.8) is 0 Å². The highest BCUT2D eigenvalue weighted by Crippen LogP contribution is 2.05. The Morgan fingerprint density at radius 3 is 2.89 bits per heavy atom. The Labute approximate surface area is 55.0 Å². The summed E-state index contributed by atoms with van der Waals surface area (Å²) in [6.45, 7) is 1.33. The molecular formula is C6H13NO2. The van der Waals surface area contributed by atoms with Gasteiger partial charge in [0.1, 0.15) is 0 Å². The highest BCUT2D eigenvalue weighted by atomic mass is 16.5. The molecule has 3 nitrogen and oxygen atoms in total. The van der Waals surface area contributed by atoms with Crippen molar-refractivity contribution in [1.29, 1.82) is 0 Å². The molecule has 0 aliphatic carbocycles. The molecule has 1 aliphatic heterocycles. The predicted octanol–water partition coefficient (Wildman–Crippen LogP) is -0.644. The Morgan fingerprint density at radius 2 is 2.44 bits per heavy atom. The van der Waals surface area contributed by atoms with Crippen LogP contribution in [0, 0.1) is 0 Å². The van der Waals surface area contributed by atoms with E-state index in [9.17, 15) is 5.11 Å². The third-order valence-corrected chi connectivity index (χ3v) is 1.69. The van der Waals surface area contributed by atoms with E-state index in [1.54, 1.807) is 0 Å². The van der Waals surface area contributed by atoms with Crippen molar-refractivity contribution in [3.05, 3.63) is 0 Å². The lowest BCUT2D eigenvalue weighted by Crippen LogP contribution is -2.45. The van der Waals surface area contributed by atoms with Crippen molar-refractivity contribution in [1.82, 2.24) is 5.32 Å². The summed E-state index contributed by atoms with van der Waals surface area (Å²) in [5.41, 5.74) is 0. The second-order valence-electron chi connectivity index (χ2n) is 2.33. The Balaban J connectivity index is 2.30. The molecule has 0 amide bonds. The van der Waals surface area contributed by atoms with Gasteiger partial charge in [-0.25, -0.2) is 0 Å². The summed E-state index contributed by atoms with van der Waals surface area (Å²) in [7, 11) is 1.84. The van der Waals surface area contributed by atoms with Gasteiger partial charge in [0.2, 0.25) is 0 Å². The Morgan fingerprint density at radius 1 is 1.67 bits per heavy atom. The van der Waals surface area contributed by atoms with Crippen LogP contribution in [-0.2, 0) is 4.74 Å². The van der Waals surface area contributed by atoms with E-state index in [0.29, 0.717) is 13.2 Å². The molecule has 2 N–H and O–H groups in total. The third-order valence-electron chi connectivity index (χ3n) is 1.69. The maximum absolute atomic E-state index is 9.23. The average molecular weight is 131 g/mol. The van der Waals surface area contributed by atoms with Gasteiger partial charge in [0.15, 0.2) is 0 Å². The minimum Gasteiger partial charge on any atom is -0.391 e. The van der Waals surface area contributed by atoms with Crippen molar-refractivity contribution >= 4 is 0 Å². The summed E-state index contributed by atoms with van der Waals surface area (Å²) in [6, 6.07) is 0.138. The van der Waals surface area contributed by atoms with Crippen molar-refractivity contribution < 1.29 is 9.84 Å². The van der Waals surface area contributed by atoms with Gasteiger partial charge in [0.25, 0.3) is 0 Å². The monoisotopic (exact) mass is 131 g/mol. The first-order valence-electron chi connectivity index (χ1n) is 3.27. The molecule has 0 radical (unpaired) electrons. The van der Waals surface area contributed by atoms with Crippen LogP contribution in [0.1, 0.15) is 6.42 Å². The third kappa shape index (κ3) is 1.64. The standard InChI is InChI=1S/C6H13NO2/c1-7-5-4-9-3-2-6(5)8/h5-8H,2-4H2,1H3. The van der Waals surface area contributed by atoms with Gasteiger partial charge in [-0.2, -0.15) is 0 Å². The smallest absolute Gasteiger partial charge is 0.0737 e. The van der Waals surface area contributed by atoms with Crippen LogP contribution in [-0.4, -0.2) is 37.5 Å². The molecule has 54 valence electrons. The first-order chi connectivity index (χ1) is 4.34. The lowest BCUT2D eigenvalue weighted by Gasteiger charge is -2.26. The van der Waals surface area contributed by atoms with E-state index in [4.69, 9.17) is 4.74 Å². The topological polar surface area (TPSA) is 41.5 Å². The molecule has 1 saturated heterocycles. The second kappa shape index (κ2) is 3.15. The predicted molar refractivity (Wildman–Crippen MR) is 34.3 cm³/mol. The van der Waals surface area contributed by atoms with Crippen molar-refractivity contribution in [2.45, 2.75) is 18.6 Å². The van der Waals surface area contributed by atoms with E-state index in [2.05, 4.69) is 5.32 Å². The number of likely N-dealkylation sites (N-methyl/N-ethyl adjacent to an activating group) is 1. The van der Waals surface area contributed by atoms with Crippen LogP contribution in [0.25, 0.3) is 0 Å². The summed E-state index contributed by atoms with van der Waals surface area (Å²) in [4.78, 5) is 0. The summed E-state index contributed by atoms with van der Waals surface area (Å²) in [5, 5.41) is 12.2. The highest BCUT2D eigenvalue weighted by Gasteiger charge is 2.21. The molecule has 1 fully saturated rings. The lowest BCUT2D eigenvalue weighted by atomic mass is 10.1. The number of hydrogen-bond donors (Lipinski definition) is 2. The molecule has 1 heterocycles.